The van der Waals surface area contributed by atoms with Crippen molar-refractivity contribution in [3.63, 3.8) is 0 Å². The molecule has 0 amide bonds. The van der Waals surface area contributed by atoms with Crippen molar-refractivity contribution < 1.29 is 0 Å². The Hall–Kier alpha value is 0.177. The molecule has 1 aliphatic rings. The van der Waals surface area contributed by atoms with Gasteiger partial charge in [-0.05, 0) is 12.8 Å². The Morgan fingerprint density at radius 1 is 1.36 bits per heavy atom. The van der Waals surface area contributed by atoms with Gasteiger partial charge < -0.3 is 5.73 Å². The highest BCUT2D eigenvalue weighted by Crippen LogP contribution is 2.36. The molecule has 0 radical (unpaired) electrons. The number of rotatable bonds is 4. The minimum absolute atomic E-state index is 0.380. The van der Waals surface area contributed by atoms with Crippen LogP contribution in [0.5, 0.6) is 0 Å². The second kappa shape index (κ2) is 3.72. The van der Waals surface area contributed by atoms with Gasteiger partial charge in [-0.1, -0.05) is 38.8 Å². The molecule has 2 unspecified atom stereocenters. The topological polar surface area (TPSA) is 26.0 Å². The van der Waals surface area contributed by atoms with Crippen LogP contribution in [-0.4, -0.2) is 14.0 Å². The number of hydrogen-bond donors (Lipinski definition) is 1. The maximum atomic E-state index is 6.31. The normalized spacial score (nSPS) is 36.8. The minimum Gasteiger partial charge on any atom is -0.328 e. The van der Waals surface area contributed by atoms with Gasteiger partial charge in [-0.25, -0.2) is 0 Å². The average Bonchev–Trinajstić information content (AvgIpc) is 1.99. The zero-order valence-electron chi connectivity index (χ0n) is 7.90. The highest BCUT2D eigenvalue weighted by atomic mass is 28.3. The van der Waals surface area contributed by atoms with E-state index in [0.717, 1.165) is 0 Å². The van der Waals surface area contributed by atoms with Crippen molar-refractivity contribution in [3.05, 3.63) is 0 Å². The second-order valence-electron chi connectivity index (χ2n) is 4.01. The van der Waals surface area contributed by atoms with E-state index in [1.54, 1.807) is 0 Å². The maximum Gasteiger partial charge on any atom is 0.0603 e. The molecule has 0 aliphatic carbocycles. The lowest BCUT2D eigenvalue weighted by Gasteiger charge is -2.46. The molecule has 0 spiro atoms. The molecule has 1 aliphatic heterocycles. The summed E-state index contributed by atoms with van der Waals surface area (Å²) in [7, 11) is -0.471. The van der Waals surface area contributed by atoms with Gasteiger partial charge in [0.05, 0.1) is 8.80 Å². The van der Waals surface area contributed by atoms with E-state index in [2.05, 4.69) is 13.8 Å². The number of hydrogen-bond acceptors (Lipinski definition) is 1. The first-order valence-electron chi connectivity index (χ1n) is 5.02. The third-order valence-corrected chi connectivity index (χ3v) is 7.59. The third kappa shape index (κ3) is 1.85. The van der Waals surface area contributed by atoms with Gasteiger partial charge in [-0.3, -0.25) is 0 Å². The summed E-state index contributed by atoms with van der Waals surface area (Å²) in [6, 6.07) is 3.00. The highest BCUT2D eigenvalue weighted by molar-refractivity contribution is 6.65. The van der Waals surface area contributed by atoms with Gasteiger partial charge in [-0.2, -0.15) is 0 Å². The van der Waals surface area contributed by atoms with E-state index in [0.29, 0.717) is 5.16 Å². The first-order valence-corrected chi connectivity index (χ1v) is 7.23. The van der Waals surface area contributed by atoms with Crippen LogP contribution in [-0.2, 0) is 0 Å². The van der Waals surface area contributed by atoms with Crippen LogP contribution in [0.25, 0.3) is 0 Å². The molecule has 66 valence electrons. The third-order valence-electron chi connectivity index (χ3n) is 3.12. The van der Waals surface area contributed by atoms with Crippen LogP contribution in [0, 0.1) is 0 Å². The van der Waals surface area contributed by atoms with E-state index in [4.69, 9.17) is 5.73 Å². The lowest BCUT2D eigenvalue weighted by molar-refractivity contribution is 0.452. The van der Waals surface area contributed by atoms with Crippen molar-refractivity contribution in [2.75, 3.05) is 0 Å². The summed E-state index contributed by atoms with van der Waals surface area (Å²) in [6.07, 6.45) is 5.27. The van der Waals surface area contributed by atoms with E-state index in [9.17, 15) is 0 Å². The summed E-state index contributed by atoms with van der Waals surface area (Å²) in [6.45, 7) is 4.54. The fourth-order valence-electron chi connectivity index (χ4n) is 2.29. The smallest absolute Gasteiger partial charge is 0.0603 e. The molecule has 11 heavy (non-hydrogen) atoms. The Morgan fingerprint density at radius 3 is 2.45 bits per heavy atom. The molecule has 2 N–H and O–H groups in total. The van der Waals surface area contributed by atoms with Crippen LogP contribution < -0.4 is 5.73 Å². The van der Waals surface area contributed by atoms with Crippen molar-refractivity contribution >= 4 is 8.80 Å². The molecule has 1 saturated heterocycles. The van der Waals surface area contributed by atoms with Gasteiger partial charge in [0.2, 0.25) is 0 Å². The van der Waals surface area contributed by atoms with Crippen molar-refractivity contribution in [3.8, 4) is 0 Å². The van der Waals surface area contributed by atoms with Crippen molar-refractivity contribution in [1.29, 1.82) is 0 Å². The molecular weight excluding hydrogens is 150 g/mol. The molecule has 2 heteroatoms. The summed E-state index contributed by atoms with van der Waals surface area (Å²) in [4.78, 5) is 0. The van der Waals surface area contributed by atoms with Crippen LogP contribution in [0.15, 0.2) is 0 Å². The summed E-state index contributed by atoms with van der Waals surface area (Å²) in [5.74, 6) is 0. The highest BCUT2D eigenvalue weighted by Gasteiger charge is 2.42. The molecular formula is C9H21NSi. The molecule has 0 aromatic rings. The second-order valence-corrected chi connectivity index (χ2v) is 7.71. The lowest BCUT2D eigenvalue weighted by Crippen LogP contribution is -2.61. The molecule has 0 bridgehead atoms. The summed E-state index contributed by atoms with van der Waals surface area (Å²) in [5, 5.41) is 0.380. The molecule has 1 nitrogen and oxygen atoms in total. The maximum absolute atomic E-state index is 6.31. The standard InChI is InChI=1S/C9H21NSi/c1-3-5-9(10)6-8-11(9)7-4-2/h11H,3-8,10H2,1-2H3. The Labute approximate surface area is 72.0 Å². The van der Waals surface area contributed by atoms with Crippen molar-refractivity contribution in [2.24, 2.45) is 5.73 Å². The average molecular weight is 171 g/mol. The molecule has 1 heterocycles. The lowest BCUT2D eigenvalue weighted by atomic mass is 10.1. The first-order chi connectivity index (χ1) is 5.23. The van der Waals surface area contributed by atoms with E-state index in [-0.39, 0.29) is 0 Å². The van der Waals surface area contributed by atoms with Crippen molar-refractivity contribution in [2.45, 2.75) is 56.8 Å². The summed E-state index contributed by atoms with van der Waals surface area (Å²) < 4.78 is 0. The molecule has 2 atom stereocenters. The van der Waals surface area contributed by atoms with Crippen LogP contribution in [0.4, 0.5) is 0 Å². The van der Waals surface area contributed by atoms with Gasteiger partial charge in [-0.15, -0.1) is 0 Å². The largest absolute Gasteiger partial charge is 0.328 e. The Bertz CT molecular complexity index is 127. The minimum atomic E-state index is -0.471. The zero-order valence-corrected chi connectivity index (χ0v) is 9.05. The molecule has 0 aromatic heterocycles. The molecule has 1 rings (SSSR count). The quantitative estimate of drug-likeness (QED) is 0.644. The van der Waals surface area contributed by atoms with E-state index < -0.39 is 8.80 Å². The Morgan fingerprint density at radius 2 is 2.09 bits per heavy atom. The Balaban J connectivity index is 2.32. The SMILES string of the molecule is CCC[SiH]1CCC1(N)CCC. The van der Waals surface area contributed by atoms with Gasteiger partial charge in [0.15, 0.2) is 0 Å². The predicted octanol–water partition coefficient (Wildman–Crippen LogP) is 2.06. The van der Waals surface area contributed by atoms with Crippen LogP contribution in [0.1, 0.15) is 39.5 Å². The fraction of sp³-hybridized carbons (Fsp3) is 1.00. The Kier molecular flexibility index (Phi) is 3.13. The molecule has 1 fully saturated rings. The van der Waals surface area contributed by atoms with Crippen LogP contribution in [0.3, 0.4) is 0 Å². The van der Waals surface area contributed by atoms with Crippen LogP contribution in [0.2, 0.25) is 12.1 Å². The van der Waals surface area contributed by atoms with Gasteiger partial charge in [0.1, 0.15) is 0 Å². The summed E-state index contributed by atoms with van der Waals surface area (Å²) in [5.41, 5.74) is 6.31. The van der Waals surface area contributed by atoms with E-state index in [1.807, 2.05) is 0 Å². The van der Waals surface area contributed by atoms with Gasteiger partial charge in [0, 0.05) is 5.16 Å². The number of nitrogens with two attached hydrogens (primary N) is 1. The summed E-state index contributed by atoms with van der Waals surface area (Å²) >= 11 is 0. The zero-order chi connectivity index (χ0) is 8.32. The van der Waals surface area contributed by atoms with Gasteiger partial charge in [0.25, 0.3) is 0 Å². The predicted molar refractivity (Wildman–Crippen MR) is 53.5 cm³/mol. The molecule has 0 aromatic carbocycles. The van der Waals surface area contributed by atoms with E-state index in [1.165, 1.54) is 37.8 Å². The van der Waals surface area contributed by atoms with E-state index >= 15 is 0 Å². The monoisotopic (exact) mass is 171 g/mol. The van der Waals surface area contributed by atoms with Crippen LogP contribution >= 0.6 is 0 Å². The van der Waals surface area contributed by atoms with Crippen molar-refractivity contribution in [1.82, 2.24) is 0 Å². The van der Waals surface area contributed by atoms with Gasteiger partial charge >= 0.3 is 0 Å². The fourth-order valence-corrected chi connectivity index (χ4v) is 5.99. The first kappa shape index (κ1) is 9.27. The molecule has 0 saturated carbocycles.